The highest BCUT2D eigenvalue weighted by Crippen LogP contribution is 2.62. The van der Waals surface area contributed by atoms with Crippen molar-refractivity contribution < 1.29 is 56.4 Å². The number of halogens is 9. The van der Waals surface area contributed by atoms with E-state index in [0.717, 1.165) is 0 Å². The molecule has 0 N–H and O–H groups in total. The molecule has 0 spiro atoms. The first-order chi connectivity index (χ1) is 12.9. The molecule has 182 valence electrons. The molecule has 0 fully saturated rings. The van der Waals surface area contributed by atoms with Gasteiger partial charge in [-0.25, -0.2) is 3.63 Å². The molecule has 15 heteroatoms. The van der Waals surface area contributed by atoms with Crippen LogP contribution in [0.25, 0.3) is 0 Å². The molecule has 0 aromatic rings. The zero-order valence-corrected chi connectivity index (χ0v) is 18.4. The average molecular weight is 502 g/mol. The lowest BCUT2D eigenvalue weighted by atomic mass is 10.1. The van der Waals surface area contributed by atoms with Crippen molar-refractivity contribution in [1.82, 2.24) is 0 Å². The number of hydrogen-bond donors (Lipinski definition) is 0. The summed E-state index contributed by atoms with van der Waals surface area (Å²) in [6.07, 6.45) is -7.18. The SMILES string of the molecule is CC(C)C(=O)CS(OS(=O)(=O)C(F)(F)C(F)(F)C(F)(F)C(F)(F)F)(C(C)C)C(C)C. The van der Waals surface area contributed by atoms with Crippen molar-refractivity contribution >= 4 is 26.2 Å². The van der Waals surface area contributed by atoms with Gasteiger partial charge in [-0.15, -0.1) is 10.3 Å². The fraction of sp³-hybridized carbons (Fsp3) is 0.933. The van der Waals surface area contributed by atoms with E-state index in [-0.39, 0.29) is 0 Å². The normalized spacial score (nSPS) is 15.9. The summed E-state index contributed by atoms with van der Waals surface area (Å²) in [4.78, 5) is 12.1. The van der Waals surface area contributed by atoms with Gasteiger partial charge in [0, 0.05) is 16.4 Å². The largest absolute Gasteiger partial charge is 0.460 e. The van der Waals surface area contributed by atoms with E-state index < -0.39 is 71.7 Å². The minimum absolute atomic E-state index is 0.696. The number of hydrogen-bond acceptors (Lipinski definition) is 4. The highest BCUT2D eigenvalue weighted by Gasteiger charge is 2.86. The molecule has 0 aliphatic rings. The summed E-state index contributed by atoms with van der Waals surface area (Å²) in [6.45, 7) is 7.62. The Morgan fingerprint density at radius 3 is 1.40 bits per heavy atom. The molecule has 0 bridgehead atoms. The van der Waals surface area contributed by atoms with E-state index in [2.05, 4.69) is 3.63 Å². The molecule has 4 nitrogen and oxygen atoms in total. The van der Waals surface area contributed by atoms with Gasteiger partial charge in [-0.05, 0) is 0 Å². The number of carbonyl (C=O) groups excluding carboxylic acids is 1. The number of ketones is 1. The van der Waals surface area contributed by atoms with E-state index in [1.54, 1.807) is 0 Å². The Kier molecular flexibility index (Phi) is 8.48. The second-order valence-electron chi connectivity index (χ2n) is 7.33. The van der Waals surface area contributed by atoms with E-state index in [0.29, 0.717) is 0 Å². The molecule has 0 aromatic carbocycles. The lowest BCUT2D eigenvalue weighted by Gasteiger charge is -2.46. The molecule has 0 unspecified atom stereocenters. The number of Topliss-reactive ketones (excluding diaryl/α,β-unsaturated/α-hetero) is 1. The van der Waals surface area contributed by atoms with Crippen molar-refractivity contribution in [2.24, 2.45) is 5.92 Å². The minimum atomic E-state index is -7.39. The van der Waals surface area contributed by atoms with Crippen molar-refractivity contribution in [2.75, 3.05) is 5.75 Å². The summed E-state index contributed by atoms with van der Waals surface area (Å²) < 4.78 is 147. The molecule has 0 radical (unpaired) electrons. The second-order valence-corrected chi connectivity index (χ2v) is 13.0. The maximum absolute atomic E-state index is 14.0. The van der Waals surface area contributed by atoms with Gasteiger partial charge < -0.3 is 0 Å². The molecule has 0 saturated heterocycles. The molecule has 0 amide bonds. The maximum Gasteiger partial charge on any atom is 0.460 e. The Bertz CT molecular complexity index is 721. The van der Waals surface area contributed by atoms with Crippen molar-refractivity contribution in [3.05, 3.63) is 0 Å². The van der Waals surface area contributed by atoms with Gasteiger partial charge >= 0.3 is 33.4 Å². The van der Waals surface area contributed by atoms with Crippen LogP contribution in [0.2, 0.25) is 0 Å². The molecule has 0 aliphatic heterocycles. The smallest absolute Gasteiger partial charge is 0.298 e. The van der Waals surface area contributed by atoms with E-state index in [1.807, 2.05) is 0 Å². The Morgan fingerprint density at radius 2 is 1.13 bits per heavy atom. The van der Waals surface area contributed by atoms with Crippen LogP contribution >= 0.6 is 10.3 Å². The van der Waals surface area contributed by atoms with E-state index in [1.165, 1.54) is 41.5 Å². The van der Waals surface area contributed by atoms with E-state index >= 15 is 0 Å². The standard InChI is InChI=1S/C15H23F9O4S2/c1-8(2)11(25)7-29(9(3)4,10(5)6)28-30(26,27)15(23,24)13(18,19)12(16,17)14(20,21)22/h8-10H,7H2,1-6H3. The zero-order valence-electron chi connectivity index (χ0n) is 16.8. The van der Waals surface area contributed by atoms with Crippen LogP contribution in [0.1, 0.15) is 41.5 Å². The molecule has 0 atom stereocenters. The van der Waals surface area contributed by atoms with Crippen LogP contribution in [0.15, 0.2) is 0 Å². The molecular weight excluding hydrogens is 479 g/mol. The van der Waals surface area contributed by atoms with Crippen LogP contribution in [0.3, 0.4) is 0 Å². The minimum Gasteiger partial charge on any atom is -0.298 e. The average Bonchev–Trinajstić information content (AvgIpc) is 2.51. The monoisotopic (exact) mass is 502 g/mol. The number of rotatable bonds is 10. The van der Waals surface area contributed by atoms with Crippen molar-refractivity contribution in [2.45, 2.75) is 75.3 Å². The molecule has 0 rings (SSSR count). The molecule has 0 saturated carbocycles. The summed E-state index contributed by atoms with van der Waals surface area (Å²) in [6, 6.07) is 0. The quantitative estimate of drug-likeness (QED) is 0.369. The summed E-state index contributed by atoms with van der Waals surface area (Å²) in [5.41, 5.74) is 0. The highest BCUT2D eigenvalue weighted by molar-refractivity contribution is 8.34. The van der Waals surface area contributed by atoms with E-state index in [9.17, 15) is 52.7 Å². The molecule has 0 aliphatic carbocycles. The van der Waals surface area contributed by atoms with Crippen molar-refractivity contribution in [3.8, 4) is 0 Å². The molecule has 0 heterocycles. The lowest BCUT2D eigenvalue weighted by molar-refractivity contribution is -0.382. The van der Waals surface area contributed by atoms with Crippen LogP contribution in [-0.4, -0.2) is 53.7 Å². The number of alkyl halides is 9. The Hall–Kier alpha value is -0.700. The van der Waals surface area contributed by atoms with Gasteiger partial charge in [0.25, 0.3) is 0 Å². The third-order valence-corrected chi connectivity index (χ3v) is 10.8. The van der Waals surface area contributed by atoms with Crippen LogP contribution in [0.4, 0.5) is 39.5 Å². The Balaban J connectivity index is 6.59. The predicted molar refractivity (Wildman–Crippen MR) is 93.5 cm³/mol. The Labute approximate surface area is 170 Å². The van der Waals surface area contributed by atoms with Gasteiger partial charge in [-0.1, -0.05) is 41.5 Å². The van der Waals surface area contributed by atoms with Crippen LogP contribution in [0.5, 0.6) is 0 Å². The Morgan fingerprint density at radius 1 is 0.767 bits per heavy atom. The first-order valence-electron chi connectivity index (χ1n) is 8.39. The molecule has 0 aromatic heterocycles. The first kappa shape index (κ1) is 29.3. The summed E-state index contributed by atoms with van der Waals surface area (Å²) in [7, 11) is -10.6. The third-order valence-electron chi connectivity index (χ3n) is 4.25. The summed E-state index contributed by atoms with van der Waals surface area (Å²) in [5, 5.41) is -9.04. The van der Waals surface area contributed by atoms with Gasteiger partial charge in [0.2, 0.25) is 0 Å². The second kappa shape index (κ2) is 8.68. The van der Waals surface area contributed by atoms with Crippen LogP contribution < -0.4 is 0 Å². The van der Waals surface area contributed by atoms with Gasteiger partial charge in [-0.2, -0.15) is 47.9 Å². The maximum atomic E-state index is 14.0. The van der Waals surface area contributed by atoms with Gasteiger partial charge in [0.05, 0.1) is 5.75 Å². The predicted octanol–water partition coefficient (Wildman–Crippen LogP) is 5.52. The fourth-order valence-corrected chi connectivity index (χ4v) is 8.28. The highest BCUT2D eigenvalue weighted by atomic mass is 32.3. The summed E-state index contributed by atoms with van der Waals surface area (Å²) >= 11 is 0. The first-order valence-corrected chi connectivity index (χ1v) is 11.7. The lowest BCUT2D eigenvalue weighted by Crippen LogP contribution is -2.63. The van der Waals surface area contributed by atoms with Gasteiger partial charge in [0.1, 0.15) is 5.78 Å². The van der Waals surface area contributed by atoms with Gasteiger partial charge in [0.15, 0.2) is 0 Å². The third kappa shape index (κ3) is 4.87. The van der Waals surface area contributed by atoms with Crippen molar-refractivity contribution in [1.29, 1.82) is 0 Å². The zero-order chi connectivity index (χ0) is 24.7. The fourth-order valence-electron chi connectivity index (χ4n) is 2.18. The van der Waals surface area contributed by atoms with E-state index in [4.69, 9.17) is 0 Å². The summed E-state index contributed by atoms with van der Waals surface area (Å²) in [5.74, 6) is -17.0. The molecule has 30 heavy (non-hydrogen) atoms. The molecular formula is C15H23F9O4S2. The van der Waals surface area contributed by atoms with Gasteiger partial charge in [-0.3, -0.25) is 4.79 Å². The van der Waals surface area contributed by atoms with Crippen LogP contribution in [0, 0.1) is 5.92 Å². The topological polar surface area (TPSA) is 60.4 Å². The van der Waals surface area contributed by atoms with Crippen LogP contribution in [-0.2, 0) is 18.5 Å². The number of carbonyl (C=O) groups is 1. The van der Waals surface area contributed by atoms with Crippen molar-refractivity contribution in [3.63, 3.8) is 0 Å².